The molecule has 0 aromatic heterocycles. The number of hydrogen-bond acceptors (Lipinski definition) is 2. The zero-order chi connectivity index (χ0) is 12.1. The van der Waals surface area contributed by atoms with Crippen LogP contribution >= 0.6 is 0 Å². The first-order valence-corrected chi connectivity index (χ1v) is 6.51. The molecule has 17 heavy (non-hydrogen) atoms. The molecule has 1 aliphatic carbocycles. The fraction of sp³-hybridized carbons (Fsp3) is 0.533. The summed E-state index contributed by atoms with van der Waals surface area (Å²) in [5, 5.41) is 12.6. The number of nitrogens with zero attached hydrogens (tertiary/aromatic N) is 1. The Bertz CT molecular complexity index is 398. The van der Waals surface area contributed by atoms with Crippen LogP contribution in [-0.4, -0.2) is 6.04 Å². The molecule has 0 bridgehead atoms. The van der Waals surface area contributed by atoms with Gasteiger partial charge in [0, 0.05) is 12.6 Å². The Balaban J connectivity index is 1.88. The molecule has 2 heteroatoms. The van der Waals surface area contributed by atoms with Crippen molar-refractivity contribution in [1.29, 1.82) is 5.26 Å². The highest BCUT2D eigenvalue weighted by atomic mass is 14.9. The van der Waals surface area contributed by atoms with Gasteiger partial charge in [0.05, 0.1) is 11.6 Å². The maximum absolute atomic E-state index is 9.01. The van der Waals surface area contributed by atoms with Crippen molar-refractivity contribution >= 4 is 0 Å². The molecule has 1 saturated carbocycles. The average molecular weight is 228 g/mol. The highest BCUT2D eigenvalue weighted by Crippen LogP contribution is 2.23. The van der Waals surface area contributed by atoms with E-state index in [1.54, 1.807) is 0 Å². The van der Waals surface area contributed by atoms with Crippen LogP contribution in [0.1, 0.15) is 43.7 Å². The van der Waals surface area contributed by atoms with Gasteiger partial charge in [0.25, 0.3) is 0 Å². The van der Waals surface area contributed by atoms with E-state index in [9.17, 15) is 0 Å². The quantitative estimate of drug-likeness (QED) is 0.862. The molecule has 2 nitrogen and oxygen atoms in total. The van der Waals surface area contributed by atoms with Crippen molar-refractivity contribution in [2.45, 2.75) is 45.2 Å². The number of benzene rings is 1. The van der Waals surface area contributed by atoms with E-state index in [0.29, 0.717) is 6.04 Å². The maximum Gasteiger partial charge on any atom is 0.0995 e. The molecule has 1 N–H and O–H groups in total. The van der Waals surface area contributed by atoms with Crippen LogP contribution in [0.3, 0.4) is 0 Å². The zero-order valence-electron chi connectivity index (χ0n) is 10.4. The van der Waals surface area contributed by atoms with Crippen LogP contribution in [0.2, 0.25) is 0 Å². The lowest BCUT2D eigenvalue weighted by atomic mass is 9.87. The van der Waals surface area contributed by atoms with Crippen LogP contribution < -0.4 is 5.32 Å². The molecule has 2 rings (SSSR count). The van der Waals surface area contributed by atoms with Crippen LogP contribution in [0.25, 0.3) is 0 Å². The molecule has 0 amide bonds. The van der Waals surface area contributed by atoms with Crippen LogP contribution in [-0.2, 0) is 6.54 Å². The van der Waals surface area contributed by atoms with E-state index in [1.165, 1.54) is 25.7 Å². The summed E-state index contributed by atoms with van der Waals surface area (Å²) in [4.78, 5) is 0. The van der Waals surface area contributed by atoms with Crippen molar-refractivity contribution in [3.8, 4) is 6.07 Å². The van der Waals surface area contributed by atoms with E-state index < -0.39 is 0 Å². The number of hydrogen-bond donors (Lipinski definition) is 1. The lowest BCUT2D eigenvalue weighted by Gasteiger charge is -2.27. The predicted molar refractivity (Wildman–Crippen MR) is 69.4 cm³/mol. The second-order valence-electron chi connectivity index (χ2n) is 5.11. The summed E-state index contributed by atoms with van der Waals surface area (Å²) in [6, 6.07) is 10.7. The van der Waals surface area contributed by atoms with Crippen molar-refractivity contribution in [3.05, 3.63) is 35.4 Å². The van der Waals surface area contributed by atoms with E-state index in [4.69, 9.17) is 5.26 Å². The molecule has 1 aliphatic rings. The Morgan fingerprint density at radius 1 is 1.24 bits per heavy atom. The van der Waals surface area contributed by atoms with Crippen LogP contribution in [0.4, 0.5) is 0 Å². The standard InChI is InChI=1S/C15H20N2/c1-12-6-8-15(9-7-12)17-11-14-5-3-2-4-13(14)10-16/h2-5,12,15,17H,6-9,11H2,1H3. The molecule has 90 valence electrons. The summed E-state index contributed by atoms with van der Waals surface area (Å²) >= 11 is 0. The second kappa shape index (κ2) is 5.84. The topological polar surface area (TPSA) is 35.8 Å². The van der Waals surface area contributed by atoms with Gasteiger partial charge in [-0.25, -0.2) is 0 Å². The van der Waals surface area contributed by atoms with E-state index in [1.807, 2.05) is 24.3 Å². The van der Waals surface area contributed by atoms with Crippen molar-refractivity contribution in [1.82, 2.24) is 5.32 Å². The van der Waals surface area contributed by atoms with Gasteiger partial charge in [-0.2, -0.15) is 5.26 Å². The fourth-order valence-electron chi connectivity index (χ4n) is 2.50. The molecule has 0 unspecified atom stereocenters. The Labute approximate surface area is 104 Å². The Hall–Kier alpha value is -1.33. The Morgan fingerprint density at radius 2 is 1.94 bits per heavy atom. The molecule has 0 aliphatic heterocycles. The van der Waals surface area contributed by atoms with Crippen molar-refractivity contribution in [2.24, 2.45) is 5.92 Å². The smallest absolute Gasteiger partial charge is 0.0995 e. The Morgan fingerprint density at radius 3 is 2.65 bits per heavy atom. The van der Waals surface area contributed by atoms with Gasteiger partial charge in [-0.1, -0.05) is 25.1 Å². The summed E-state index contributed by atoms with van der Waals surface area (Å²) < 4.78 is 0. The summed E-state index contributed by atoms with van der Waals surface area (Å²) in [5.41, 5.74) is 1.91. The molecule has 0 heterocycles. The molecular weight excluding hydrogens is 208 g/mol. The van der Waals surface area contributed by atoms with Gasteiger partial charge in [0.1, 0.15) is 0 Å². The highest BCUT2D eigenvalue weighted by Gasteiger charge is 2.17. The largest absolute Gasteiger partial charge is 0.310 e. The maximum atomic E-state index is 9.01. The summed E-state index contributed by atoms with van der Waals surface area (Å²) in [7, 11) is 0. The van der Waals surface area contributed by atoms with Gasteiger partial charge in [-0.15, -0.1) is 0 Å². The summed E-state index contributed by atoms with van der Waals surface area (Å²) in [6.45, 7) is 3.16. The first-order chi connectivity index (χ1) is 8.29. The number of nitrogens with one attached hydrogen (secondary N) is 1. The van der Waals surface area contributed by atoms with E-state index in [2.05, 4.69) is 18.3 Å². The number of rotatable bonds is 3. The van der Waals surface area contributed by atoms with E-state index in [-0.39, 0.29) is 0 Å². The third-order valence-corrected chi connectivity index (χ3v) is 3.73. The van der Waals surface area contributed by atoms with Crippen molar-refractivity contribution in [2.75, 3.05) is 0 Å². The molecule has 1 aromatic carbocycles. The minimum Gasteiger partial charge on any atom is -0.310 e. The third kappa shape index (κ3) is 3.31. The van der Waals surface area contributed by atoms with Crippen LogP contribution in [0.5, 0.6) is 0 Å². The SMILES string of the molecule is CC1CCC(NCc2ccccc2C#N)CC1. The van der Waals surface area contributed by atoms with Crippen molar-refractivity contribution < 1.29 is 0 Å². The second-order valence-corrected chi connectivity index (χ2v) is 5.11. The van der Waals surface area contributed by atoms with E-state index >= 15 is 0 Å². The third-order valence-electron chi connectivity index (χ3n) is 3.73. The highest BCUT2D eigenvalue weighted by molar-refractivity contribution is 5.37. The van der Waals surface area contributed by atoms with Gasteiger partial charge in [0.15, 0.2) is 0 Å². The molecule has 0 spiro atoms. The van der Waals surface area contributed by atoms with Gasteiger partial charge in [-0.3, -0.25) is 0 Å². The summed E-state index contributed by atoms with van der Waals surface area (Å²) in [6.07, 6.45) is 5.21. The van der Waals surface area contributed by atoms with E-state index in [0.717, 1.165) is 23.6 Å². The minimum absolute atomic E-state index is 0.637. The van der Waals surface area contributed by atoms with Gasteiger partial charge >= 0.3 is 0 Å². The lowest BCUT2D eigenvalue weighted by molar-refractivity contribution is 0.306. The lowest BCUT2D eigenvalue weighted by Crippen LogP contribution is -2.32. The monoisotopic (exact) mass is 228 g/mol. The minimum atomic E-state index is 0.637. The molecular formula is C15H20N2. The molecule has 0 atom stereocenters. The molecule has 1 aromatic rings. The van der Waals surface area contributed by atoms with Gasteiger partial charge in [-0.05, 0) is 43.2 Å². The normalized spacial score (nSPS) is 24.2. The number of nitriles is 1. The van der Waals surface area contributed by atoms with Crippen molar-refractivity contribution in [3.63, 3.8) is 0 Å². The van der Waals surface area contributed by atoms with Crippen LogP contribution in [0.15, 0.2) is 24.3 Å². The molecule has 0 saturated heterocycles. The van der Waals surface area contributed by atoms with Gasteiger partial charge in [0.2, 0.25) is 0 Å². The zero-order valence-corrected chi connectivity index (χ0v) is 10.4. The van der Waals surface area contributed by atoms with Gasteiger partial charge < -0.3 is 5.32 Å². The molecule has 1 fully saturated rings. The fourth-order valence-corrected chi connectivity index (χ4v) is 2.50. The van der Waals surface area contributed by atoms with Crippen LogP contribution in [0, 0.1) is 17.2 Å². The summed E-state index contributed by atoms with van der Waals surface area (Å²) in [5.74, 6) is 0.888. The molecule has 0 radical (unpaired) electrons. The first kappa shape index (κ1) is 12.1. The average Bonchev–Trinajstić information content (AvgIpc) is 2.38. The Kier molecular flexibility index (Phi) is 4.17. The first-order valence-electron chi connectivity index (χ1n) is 6.51. The predicted octanol–water partition coefficient (Wildman–Crippen LogP) is 3.23.